The van der Waals surface area contributed by atoms with Crippen molar-refractivity contribution in [1.82, 2.24) is 4.98 Å². The van der Waals surface area contributed by atoms with Crippen molar-refractivity contribution >= 4 is 5.97 Å². The number of hydrogen-bond acceptors (Lipinski definition) is 3. The summed E-state index contributed by atoms with van der Waals surface area (Å²) in [4.78, 5) is 14.6. The summed E-state index contributed by atoms with van der Waals surface area (Å²) in [5, 5.41) is 0. The topological polar surface area (TPSA) is 39.2 Å². The zero-order chi connectivity index (χ0) is 14.9. The second-order valence-corrected chi connectivity index (χ2v) is 3.55. The second-order valence-electron chi connectivity index (χ2n) is 3.55. The average molecular weight is 289 g/mol. The van der Waals surface area contributed by atoms with Crippen LogP contribution in [-0.4, -0.2) is 11.0 Å². The molecule has 0 fully saturated rings. The van der Waals surface area contributed by atoms with Gasteiger partial charge >= 0.3 is 5.97 Å². The molecule has 8 heteroatoms. The minimum atomic E-state index is -1.87. The molecule has 3 nitrogen and oxygen atoms in total. The summed E-state index contributed by atoms with van der Waals surface area (Å²) in [6, 6.07) is 1.60. The van der Waals surface area contributed by atoms with Gasteiger partial charge in [0.15, 0.2) is 11.6 Å². The molecule has 20 heavy (non-hydrogen) atoms. The highest BCUT2D eigenvalue weighted by Crippen LogP contribution is 2.27. The average Bonchev–Trinajstić information content (AvgIpc) is 2.41. The first-order valence-corrected chi connectivity index (χ1v) is 5.07. The lowest BCUT2D eigenvalue weighted by molar-refractivity contribution is 0.0716. The van der Waals surface area contributed by atoms with Gasteiger partial charge in [0.05, 0.1) is 5.56 Å². The summed E-state index contributed by atoms with van der Waals surface area (Å²) in [6.45, 7) is 0. The van der Waals surface area contributed by atoms with E-state index in [1.54, 1.807) is 0 Å². The number of rotatable bonds is 2. The number of carbonyl (C=O) groups excluding carboxylic acids is 1. The smallest absolute Gasteiger partial charge is 0.343 e. The fourth-order valence-corrected chi connectivity index (χ4v) is 1.32. The van der Waals surface area contributed by atoms with Gasteiger partial charge in [0, 0.05) is 18.3 Å². The Hall–Kier alpha value is -2.51. The van der Waals surface area contributed by atoms with Crippen LogP contribution in [0.3, 0.4) is 0 Å². The maximum Gasteiger partial charge on any atom is 0.343 e. The minimum absolute atomic E-state index is 0.0336. The SMILES string of the molecule is O=C(Oc1c(F)c(F)cc(F)c1F)c1ccnc(F)c1. The third-order valence-corrected chi connectivity index (χ3v) is 2.23. The summed E-state index contributed by atoms with van der Waals surface area (Å²) in [5.41, 5.74) is -0.430. The third kappa shape index (κ3) is 2.58. The van der Waals surface area contributed by atoms with Crippen LogP contribution in [0.4, 0.5) is 22.0 Å². The van der Waals surface area contributed by atoms with Crippen molar-refractivity contribution in [3.63, 3.8) is 0 Å². The Morgan fingerprint density at radius 3 is 2.15 bits per heavy atom. The van der Waals surface area contributed by atoms with Gasteiger partial charge in [0.1, 0.15) is 0 Å². The van der Waals surface area contributed by atoms with E-state index in [9.17, 15) is 26.7 Å². The Morgan fingerprint density at radius 2 is 1.60 bits per heavy atom. The Morgan fingerprint density at radius 1 is 1.00 bits per heavy atom. The molecule has 0 bridgehead atoms. The molecule has 0 amide bonds. The normalized spacial score (nSPS) is 10.4. The molecule has 0 atom stereocenters. The lowest BCUT2D eigenvalue weighted by Gasteiger charge is -2.07. The number of esters is 1. The quantitative estimate of drug-likeness (QED) is 0.280. The number of aromatic nitrogens is 1. The van der Waals surface area contributed by atoms with Gasteiger partial charge in [0.2, 0.25) is 23.3 Å². The van der Waals surface area contributed by atoms with Gasteiger partial charge in [-0.05, 0) is 6.07 Å². The largest absolute Gasteiger partial charge is 0.416 e. The number of benzene rings is 1. The molecule has 0 N–H and O–H groups in total. The van der Waals surface area contributed by atoms with Crippen LogP contribution in [0, 0.1) is 29.2 Å². The fourth-order valence-electron chi connectivity index (χ4n) is 1.32. The van der Waals surface area contributed by atoms with Crippen LogP contribution < -0.4 is 4.74 Å². The highest BCUT2D eigenvalue weighted by molar-refractivity contribution is 5.90. The molecule has 0 aliphatic rings. The summed E-state index contributed by atoms with van der Waals surface area (Å²) < 4.78 is 69.3. The first kappa shape index (κ1) is 13.9. The molecule has 0 spiro atoms. The Bertz CT molecular complexity index is 664. The number of pyridine rings is 1. The summed E-state index contributed by atoms with van der Waals surface area (Å²) >= 11 is 0. The van der Waals surface area contributed by atoms with Crippen LogP contribution in [0.15, 0.2) is 24.4 Å². The lowest BCUT2D eigenvalue weighted by atomic mass is 10.2. The van der Waals surface area contributed by atoms with E-state index >= 15 is 0 Å². The van der Waals surface area contributed by atoms with E-state index in [2.05, 4.69) is 9.72 Å². The monoisotopic (exact) mass is 289 g/mol. The van der Waals surface area contributed by atoms with Crippen molar-refractivity contribution in [3.8, 4) is 5.75 Å². The van der Waals surface area contributed by atoms with Gasteiger partial charge < -0.3 is 4.74 Å². The highest BCUT2D eigenvalue weighted by atomic mass is 19.2. The number of ether oxygens (including phenoxy) is 1. The first-order chi connectivity index (χ1) is 9.40. The third-order valence-electron chi connectivity index (χ3n) is 2.23. The molecule has 2 aromatic rings. The molecule has 1 aromatic heterocycles. The molecule has 0 aliphatic carbocycles. The number of halogens is 5. The van der Waals surface area contributed by atoms with Crippen molar-refractivity contribution in [3.05, 3.63) is 59.2 Å². The summed E-state index contributed by atoms with van der Waals surface area (Å²) in [6.07, 6.45) is 0.908. The highest BCUT2D eigenvalue weighted by Gasteiger charge is 2.23. The van der Waals surface area contributed by atoms with E-state index in [1.165, 1.54) is 0 Å². The summed E-state index contributed by atoms with van der Waals surface area (Å²) in [5.74, 6) is -11.2. The maximum atomic E-state index is 13.3. The van der Waals surface area contributed by atoms with Crippen molar-refractivity contribution in [2.75, 3.05) is 0 Å². The number of carbonyl (C=O) groups is 1. The molecule has 0 saturated heterocycles. The second kappa shape index (κ2) is 5.24. The lowest BCUT2D eigenvalue weighted by Crippen LogP contribution is -2.12. The molecule has 0 unspecified atom stereocenters. The van der Waals surface area contributed by atoms with Gasteiger partial charge in [-0.1, -0.05) is 0 Å². The van der Waals surface area contributed by atoms with E-state index in [4.69, 9.17) is 0 Å². The zero-order valence-electron chi connectivity index (χ0n) is 9.46. The van der Waals surface area contributed by atoms with Gasteiger partial charge in [-0.3, -0.25) is 0 Å². The van der Waals surface area contributed by atoms with Crippen molar-refractivity contribution in [2.45, 2.75) is 0 Å². The van der Waals surface area contributed by atoms with Crippen LogP contribution in [-0.2, 0) is 0 Å². The van der Waals surface area contributed by atoms with Crippen molar-refractivity contribution in [1.29, 1.82) is 0 Å². The van der Waals surface area contributed by atoms with Gasteiger partial charge in [-0.25, -0.2) is 18.6 Å². The van der Waals surface area contributed by atoms with E-state index in [0.29, 0.717) is 6.07 Å². The number of hydrogen-bond donors (Lipinski definition) is 0. The van der Waals surface area contributed by atoms with Crippen LogP contribution in [0.25, 0.3) is 0 Å². The number of nitrogens with zero attached hydrogens (tertiary/aromatic N) is 1. The molecular weight excluding hydrogens is 285 g/mol. The van der Waals surface area contributed by atoms with Crippen LogP contribution >= 0.6 is 0 Å². The van der Waals surface area contributed by atoms with Gasteiger partial charge in [-0.2, -0.15) is 13.2 Å². The summed E-state index contributed by atoms with van der Waals surface area (Å²) in [7, 11) is 0. The zero-order valence-corrected chi connectivity index (χ0v) is 9.46. The standard InChI is InChI=1S/C12H4F5NO2/c13-6-4-7(14)10(17)11(9(6)16)20-12(19)5-1-2-18-8(15)3-5/h1-4H. The fraction of sp³-hybridized carbons (Fsp3) is 0. The van der Waals surface area contributed by atoms with Crippen LogP contribution in [0.1, 0.15) is 10.4 Å². The first-order valence-electron chi connectivity index (χ1n) is 5.07. The molecular formula is C12H4F5NO2. The molecule has 1 aromatic carbocycles. The Balaban J connectivity index is 2.38. The molecule has 0 saturated carbocycles. The van der Waals surface area contributed by atoms with E-state index in [0.717, 1.165) is 12.3 Å². The Labute approximate surface area is 108 Å². The van der Waals surface area contributed by atoms with E-state index in [-0.39, 0.29) is 6.07 Å². The predicted octanol–water partition coefficient (Wildman–Crippen LogP) is 3.00. The van der Waals surface area contributed by atoms with Gasteiger partial charge in [0.25, 0.3) is 0 Å². The van der Waals surface area contributed by atoms with Crippen molar-refractivity contribution in [2.24, 2.45) is 0 Å². The Kier molecular flexibility index (Phi) is 3.64. The predicted molar refractivity (Wildman–Crippen MR) is 55.4 cm³/mol. The van der Waals surface area contributed by atoms with Crippen LogP contribution in [0.2, 0.25) is 0 Å². The molecule has 0 radical (unpaired) electrons. The van der Waals surface area contributed by atoms with E-state index in [1.807, 2.05) is 0 Å². The maximum absolute atomic E-state index is 13.3. The van der Waals surface area contributed by atoms with Crippen molar-refractivity contribution < 1.29 is 31.5 Å². The van der Waals surface area contributed by atoms with Crippen LogP contribution in [0.5, 0.6) is 5.75 Å². The molecule has 0 aliphatic heterocycles. The van der Waals surface area contributed by atoms with Gasteiger partial charge in [-0.15, -0.1) is 0 Å². The molecule has 2 rings (SSSR count). The molecule has 104 valence electrons. The minimum Gasteiger partial charge on any atom is -0.416 e. The molecule has 1 heterocycles. The van der Waals surface area contributed by atoms with E-state index < -0.39 is 46.5 Å².